The van der Waals surface area contributed by atoms with Crippen molar-refractivity contribution in [2.24, 2.45) is 5.92 Å². The third kappa shape index (κ3) is 6.32. The lowest BCUT2D eigenvalue weighted by Crippen LogP contribution is -2.11. The largest absolute Gasteiger partial charge is 0.383 e. The van der Waals surface area contributed by atoms with Gasteiger partial charge >= 0.3 is 0 Å². The fourth-order valence-electron chi connectivity index (χ4n) is 1.77. The first-order valence-corrected chi connectivity index (χ1v) is 6.48. The second kappa shape index (κ2) is 7.33. The average Bonchev–Trinajstić information content (AvgIpc) is 2.21. The number of hydrogen-bond donors (Lipinski definition) is 1. The minimum Gasteiger partial charge on any atom is -0.383 e. The molecule has 1 rings (SSSR count). The summed E-state index contributed by atoms with van der Waals surface area (Å²) in [6, 6.07) is 6.52. The molecule has 0 heterocycles. The van der Waals surface area contributed by atoms with Crippen LogP contribution in [0.25, 0.3) is 0 Å². The molecule has 2 nitrogen and oxygen atoms in total. The van der Waals surface area contributed by atoms with Gasteiger partial charge in [-0.1, -0.05) is 19.9 Å². The Balaban J connectivity index is 2.18. The van der Waals surface area contributed by atoms with E-state index in [-0.39, 0.29) is 0 Å². The first kappa shape index (κ1) is 14.0. The van der Waals surface area contributed by atoms with Crippen molar-refractivity contribution in [2.75, 3.05) is 25.1 Å². The lowest BCUT2D eigenvalue weighted by Gasteiger charge is -2.10. The Labute approximate surface area is 105 Å². The number of ether oxygens (including phenoxy) is 1. The van der Waals surface area contributed by atoms with Crippen LogP contribution < -0.4 is 5.32 Å². The van der Waals surface area contributed by atoms with Gasteiger partial charge in [-0.15, -0.1) is 0 Å². The van der Waals surface area contributed by atoms with Crippen molar-refractivity contribution in [1.82, 2.24) is 0 Å². The van der Waals surface area contributed by atoms with Gasteiger partial charge < -0.3 is 10.1 Å². The lowest BCUT2D eigenvalue weighted by molar-refractivity contribution is 0.132. The lowest BCUT2D eigenvalue weighted by atomic mass is 10.1. The van der Waals surface area contributed by atoms with E-state index >= 15 is 0 Å². The van der Waals surface area contributed by atoms with Crippen molar-refractivity contribution < 1.29 is 4.74 Å². The third-order valence-electron chi connectivity index (χ3n) is 2.64. The SMILES string of the molecule is Cc1cc(C)cc(NCCOCCC(C)C)c1. The zero-order valence-corrected chi connectivity index (χ0v) is 11.5. The predicted molar refractivity (Wildman–Crippen MR) is 74.7 cm³/mol. The molecule has 0 amide bonds. The average molecular weight is 235 g/mol. The molecule has 96 valence electrons. The molecule has 2 heteroatoms. The van der Waals surface area contributed by atoms with Gasteiger partial charge in [-0.2, -0.15) is 0 Å². The smallest absolute Gasteiger partial charge is 0.0639 e. The van der Waals surface area contributed by atoms with Gasteiger partial charge in [0.05, 0.1) is 6.61 Å². The fraction of sp³-hybridized carbons (Fsp3) is 0.600. The maximum atomic E-state index is 5.56. The Hall–Kier alpha value is -1.02. The Kier molecular flexibility index (Phi) is 6.06. The molecule has 0 aliphatic carbocycles. The Morgan fingerprint density at radius 2 is 1.71 bits per heavy atom. The van der Waals surface area contributed by atoms with Gasteiger partial charge in [0, 0.05) is 18.8 Å². The van der Waals surface area contributed by atoms with Crippen LogP contribution in [0, 0.1) is 19.8 Å². The molecule has 0 aliphatic heterocycles. The van der Waals surface area contributed by atoms with Gasteiger partial charge in [0.15, 0.2) is 0 Å². The molecular formula is C15H25NO. The molecule has 0 radical (unpaired) electrons. The number of anilines is 1. The first-order chi connectivity index (χ1) is 8.08. The summed E-state index contributed by atoms with van der Waals surface area (Å²) in [7, 11) is 0. The fourth-order valence-corrected chi connectivity index (χ4v) is 1.77. The summed E-state index contributed by atoms with van der Waals surface area (Å²) in [5.74, 6) is 0.724. The van der Waals surface area contributed by atoms with E-state index in [1.54, 1.807) is 0 Å². The monoisotopic (exact) mass is 235 g/mol. The molecule has 0 unspecified atom stereocenters. The summed E-state index contributed by atoms with van der Waals surface area (Å²) >= 11 is 0. The maximum Gasteiger partial charge on any atom is 0.0639 e. The van der Waals surface area contributed by atoms with Crippen LogP contribution in [0.5, 0.6) is 0 Å². The van der Waals surface area contributed by atoms with Crippen molar-refractivity contribution in [1.29, 1.82) is 0 Å². The van der Waals surface area contributed by atoms with E-state index in [4.69, 9.17) is 4.74 Å². The second-order valence-electron chi connectivity index (χ2n) is 5.10. The Bertz CT molecular complexity index is 313. The Morgan fingerprint density at radius 1 is 1.06 bits per heavy atom. The quantitative estimate of drug-likeness (QED) is 0.726. The summed E-state index contributed by atoms with van der Waals surface area (Å²) in [6.07, 6.45) is 1.14. The van der Waals surface area contributed by atoms with E-state index in [0.29, 0.717) is 0 Å². The van der Waals surface area contributed by atoms with Gasteiger partial charge in [-0.05, 0) is 49.4 Å². The highest BCUT2D eigenvalue weighted by Gasteiger charge is 1.96. The molecule has 1 aromatic rings. The molecule has 1 aromatic carbocycles. The van der Waals surface area contributed by atoms with E-state index in [0.717, 1.165) is 32.1 Å². The number of hydrogen-bond acceptors (Lipinski definition) is 2. The predicted octanol–water partition coefficient (Wildman–Crippen LogP) is 3.78. The highest BCUT2D eigenvalue weighted by Crippen LogP contribution is 2.13. The standard InChI is InChI=1S/C15H25NO/c1-12(2)5-7-17-8-6-16-15-10-13(3)9-14(4)11-15/h9-12,16H,5-8H2,1-4H3. The van der Waals surface area contributed by atoms with Gasteiger partial charge in [0.25, 0.3) is 0 Å². The van der Waals surface area contributed by atoms with Crippen molar-refractivity contribution in [3.05, 3.63) is 29.3 Å². The molecule has 0 fully saturated rings. The van der Waals surface area contributed by atoms with Crippen LogP contribution in [0.4, 0.5) is 5.69 Å². The summed E-state index contributed by atoms with van der Waals surface area (Å²) in [5.41, 5.74) is 3.79. The summed E-state index contributed by atoms with van der Waals surface area (Å²) in [5, 5.41) is 3.39. The van der Waals surface area contributed by atoms with Crippen LogP contribution in [0.15, 0.2) is 18.2 Å². The summed E-state index contributed by atoms with van der Waals surface area (Å²) < 4.78 is 5.56. The van der Waals surface area contributed by atoms with E-state index in [2.05, 4.69) is 51.2 Å². The zero-order chi connectivity index (χ0) is 12.7. The molecule has 0 saturated carbocycles. The molecular weight excluding hydrogens is 210 g/mol. The highest BCUT2D eigenvalue weighted by atomic mass is 16.5. The molecule has 0 spiro atoms. The van der Waals surface area contributed by atoms with E-state index < -0.39 is 0 Å². The van der Waals surface area contributed by atoms with Crippen LogP contribution in [0.3, 0.4) is 0 Å². The minimum absolute atomic E-state index is 0.724. The van der Waals surface area contributed by atoms with Crippen LogP contribution in [-0.4, -0.2) is 19.8 Å². The Morgan fingerprint density at radius 3 is 2.29 bits per heavy atom. The topological polar surface area (TPSA) is 21.3 Å². The van der Waals surface area contributed by atoms with Crippen molar-refractivity contribution in [3.63, 3.8) is 0 Å². The molecule has 0 bridgehead atoms. The van der Waals surface area contributed by atoms with Gasteiger partial charge in [0.1, 0.15) is 0 Å². The van der Waals surface area contributed by atoms with Gasteiger partial charge in [-0.25, -0.2) is 0 Å². The number of nitrogens with one attached hydrogen (secondary N) is 1. The molecule has 0 aliphatic rings. The second-order valence-corrected chi connectivity index (χ2v) is 5.10. The zero-order valence-electron chi connectivity index (χ0n) is 11.5. The van der Waals surface area contributed by atoms with Crippen LogP contribution in [-0.2, 0) is 4.74 Å². The molecule has 1 N–H and O–H groups in total. The number of rotatable bonds is 7. The van der Waals surface area contributed by atoms with E-state index in [1.807, 2.05) is 0 Å². The molecule has 0 atom stereocenters. The van der Waals surface area contributed by atoms with Crippen LogP contribution in [0.2, 0.25) is 0 Å². The van der Waals surface area contributed by atoms with E-state index in [9.17, 15) is 0 Å². The van der Waals surface area contributed by atoms with Crippen LogP contribution in [0.1, 0.15) is 31.4 Å². The molecule has 0 aromatic heterocycles. The van der Waals surface area contributed by atoms with Crippen molar-refractivity contribution in [3.8, 4) is 0 Å². The molecule has 0 saturated heterocycles. The van der Waals surface area contributed by atoms with Crippen LogP contribution >= 0.6 is 0 Å². The van der Waals surface area contributed by atoms with Crippen molar-refractivity contribution >= 4 is 5.69 Å². The maximum absolute atomic E-state index is 5.56. The van der Waals surface area contributed by atoms with Crippen molar-refractivity contribution in [2.45, 2.75) is 34.1 Å². The third-order valence-corrected chi connectivity index (χ3v) is 2.64. The minimum atomic E-state index is 0.724. The van der Waals surface area contributed by atoms with Gasteiger partial charge in [-0.3, -0.25) is 0 Å². The molecule has 17 heavy (non-hydrogen) atoms. The summed E-state index contributed by atoms with van der Waals surface area (Å²) in [4.78, 5) is 0. The van der Waals surface area contributed by atoms with E-state index in [1.165, 1.54) is 16.8 Å². The van der Waals surface area contributed by atoms with Gasteiger partial charge in [0.2, 0.25) is 0 Å². The first-order valence-electron chi connectivity index (χ1n) is 6.48. The number of benzene rings is 1. The summed E-state index contributed by atoms with van der Waals surface area (Å²) in [6.45, 7) is 11.2. The normalized spacial score (nSPS) is 10.9. The highest BCUT2D eigenvalue weighted by molar-refractivity contribution is 5.48. The number of aryl methyl sites for hydroxylation is 2.